The SMILES string of the molecule is COc1ccc(OC)c(NCc2nc3n(n2)CCCCC3)c1. The Bertz CT molecular complexity index is 616. The highest BCUT2D eigenvalue weighted by molar-refractivity contribution is 5.59. The maximum Gasteiger partial charge on any atom is 0.169 e. The normalized spacial score (nSPS) is 14.1. The fourth-order valence-corrected chi connectivity index (χ4v) is 2.71. The average molecular weight is 302 g/mol. The summed E-state index contributed by atoms with van der Waals surface area (Å²) >= 11 is 0. The molecule has 1 aromatic carbocycles. The standard InChI is InChI=1S/C16H22N4O2/c1-21-12-7-8-14(22-2)13(10-12)17-11-15-18-16-6-4-3-5-9-20(16)19-15/h7-8,10,17H,3-6,9,11H2,1-2H3. The molecule has 1 aliphatic heterocycles. The van der Waals surface area contributed by atoms with Gasteiger partial charge in [-0.05, 0) is 25.0 Å². The van der Waals surface area contributed by atoms with E-state index < -0.39 is 0 Å². The molecule has 0 saturated heterocycles. The van der Waals surface area contributed by atoms with E-state index in [4.69, 9.17) is 9.47 Å². The summed E-state index contributed by atoms with van der Waals surface area (Å²) in [6, 6.07) is 5.68. The third kappa shape index (κ3) is 3.16. The molecule has 6 heteroatoms. The number of ether oxygens (including phenoxy) is 2. The van der Waals surface area contributed by atoms with Crippen molar-refractivity contribution in [2.75, 3.05) is 19.5 Å². The molecule has 2 heterocycles. The fraction of sp³-hybridized carbons (Fsp3) is 0.500. The first-order chi connectivity index (χ1) is 10.8. The monoisotopic (exact) mass is 302 g/mol. The van der Waals surface area contributed by atoms with Crippen molar-refractivity contribution in [2.45, 2.75) is 38.8 Å². The van der Waals surface area contributed by atoms with E-state index in [1.54, 1.807) is 14.2 Å². The van der Waals surface area contributed by atoms with Crippen molar-refractivity contribution < 1.29 is 9.47 Å². The number of rotatable bonds is 5. The van der Waals surface area contributed by atoms with Gasteiger partial charge in [0.25, 0.3) is 0 Å². The van der Waals surface area contributed by atoms with Gasteiger partial charge >= 0.3 is 0 Å². The lowest BCUT2D eigenvalue weighted by Crippen LogP contribution is -2.05. The molecule has 0 aliphatic carbocycles. The van der Waals surface area contributed by atoms with Crippen molar-refractivity contribution in [1.29, 1.82) is 0 Å². The Hall–Kier alpha value is -2.24. The Labute approximate surface area is 130 Å². The highest BCUT2D eigenvalue weighted by atomic mass is 16.5. The minimum Gasteiger partial charge on any atom is -0.497 e. The average Bonchev–Trinajstić information content (AvgIpc) is 2.82. The molecule has 6 nitrogen and oxygen atoms in total. The van der Waals surface area contributed by atoms with Crippen LogP contribution in [0.2, 0.25) is 0 Å². The number of aromatic nitrogens is 3. The van der Waals surface area contributed by atoms with E-state index in [1.807, 2.05) is 22.9 Å². The number of aryl methyl sites for hydroxylation is 2. The molecule has 1 N–H and O–H groups in total. The van der Waals surface area contributed by atoms with Crippen molar-refractivity contribution >= 4 is 5.69 Å². The molecule has 0 spiro atoms. The Morgan fingerprint density at radius 1 is 1.18 bits per heavy atom. The van der Waals surface area contributed by atoms with E-state index in [1.165, 1.54) is 19.3 Å². The zero-order valence-electron chi connectivity index (χ0n) is 13.1. The molecule has 2 aromatic rings. The van der Waals surface area contributed by atoms with Crippen molar-refractivity contribution in [2.24, 2.45) is 0 Å². The van der Waals surface area contributed by atoms with Gasteiger partial charge in [-0.1, -0.05) is 6.42 Å². The highest BCUT2D eigenvalue weighted by Crippen LogP contribution is 2.29. The van der Waals surface area contributed by atoms with E-state index in [0.717, 1.165) is 41.8 Å². The molecule has 22 heavy (non-hydrogen) atoms. The quantitative estimate of drug-likeness (QED) is 0.920. The summed E-state index contributed by atoms with van der Waals surface area (Å²) in [5.41, 5.74) is 0.881. The number of nitrogens with one attached hydrogen (secondary N) is 1. The van der Waals surface area contributed by atoms with Gasteiger partial charge in [0.1, 0.15) is 17.3 Å². The van der Waals surface area contributed by atoms with Crippen LogP contribution in [0.3, 0.4) is 0 Å². The third-order valence-corrected chi connectivity index (χ3v) is 3.91. The van der Waals surface area contributed by atoms with E-state index in [-0.39, 0.29) is 0 Å². The van der Waals surface area contributed by atoms with Gasteiger partial charge in [0.15, 0.2) is 5.82 Å². The number of fused-ring (bicyclic) bond motifs is 1. The predicted molar refractivity (Wildman–Crippen MR) is 84.4 cm³/mol. The Morgan fingerprint density at radius 3 is 2.91 bits per heavy atom. The molecule has 0 bridgehead atoms. The first-order valence-electron chi connectivity index (χ1n) is 7.68. The van der Waals surface area contributed by atoms with E-state index in [9.17, 15) is 0 Å². The molecule has 0 saturated carbocycles. The van der Waals surface area contributed by atoms with Crippen molar-refractivity contribution in [3.05, 3.63) is 29.8 Å². The molecule has 118 valence electrons. The van der Waals surface area contributed by atoms with Gasteiger partial charge in [-0.3, -0.25) is 0 Å². The summed E-state index contributed by atoms with van der Waals surface area (Å²) in [7, 11) is 3.31. The maximum absolute atomic E-state index is 5.37. The fourth-order valence-electron chi connectivity index (χ4n) is 2.71. The van der Waals surface area contributed by atoms with Crippen molar-refractivity contribution in [3.63, 3.8) is 0 Å². The summed E-state index contributed by atoms with van der Waals surface area (Å²) in [5.74, 6) is 3.49. The van der Waals surface area contributed by atoms with Gasteiger partial charge < -0.3 is 14.8 Å². The van der Waals surface area contributed by atoms with Gasteiger partial charge in [0.05, 0.1) is 26.5 Å². The predicted octanol–water partition coefficient (Wildman–Crippen LogP) is 2.63. The van der Waals surface area contributed by atoms with Crippen LogP contribution in [0.25, 0.3) is 0 Å². The van der Waals surface area contributed by atoms with Crippen LogP contribution in [0.1, 0.15) is 30.9 Å². The molecule has 0 fully saturated rings. The van der Waals surface area contributed by atoms with E-state index in [2.05, 4.69) is 15.4 Å². The van der Waals surface area contributed by atoms with Crippen LogP contribution in [-0.4, -0.2) is 29.0 Å². The molecule has 1 aliphatic rings. The molecular weight excluding hydrogens is 280 g/mol. The van der Waals surface area contributed by atoms with Gasteiger partial charge in [-0.15, -0.1) is 0 Å². The lowest BCUT2D eigenvalue weighted by Gasteiger charge is -2.11. The molecule has 0 radical (unpaired) electrons. The van der Waals surface area contributed by atoms with Crippen molar-refractivity contribution in [1.82, 2.24) is 14.8 Å². The topological polar surface area (TPSA) is 61.2 Å². The molecule has 3 rings (SSSR count). The zero-order chi connectivity index (χ0) is 15.4. The van der Waals surface area contributed by atoms with Gasteiger partial charge in [-0.25, -0.2) is 9.67 Å². The van der Waals surface area contributed by atoms with E-state index in [0.29, 0.717) is 6.54 Å². The van der Waals surface area contributed by atoms with Crippen LogP contribution in [-0.2, 0) is 19.5 Å². The molecular formula is C16H22N4O2. The van der Waals surface area contributed by atoms with Crippen LogP contribution in [0, 0.1) is 0 Å². The molecule has 0 amide bonds. The summed E-state index contributed by atoms with van der Waals surface area (Å²) < 4.78 is 12.7. The summed E-state index contributed by atoms with van der Waals surface area (Å²) in [5, 5.41) is 7.93. The second-order valence-electron chi connectivity index (χ2n) is 5.40. The van der Waals surface area contributed by atoms with Crippen LogP contribution in [0.4, 0.5) is 5.69 Å². The summed E-state index contributed by atoms with van der Waals surface area (Å²) in [4.78, 5) is 4.64. The Balaban J connectivity index is 1.72. The Kier molecular flexibility index (Phi) is 4.46. The summed E-state index contributed by atoms with van der Waals surface area (Å²) in [6.07, 6.45) is 4.68. The minimum atomic E-state index is 0.573. The smallest absolute Gasteiger partial charge is 0.169 e. The van der Waals surface area contributed by atoms with Crippen LogP contribution < -0.4 is 14.8 Å². The number of anilines is 1. The zero-order valence-corrected chi connectivity index (χ0v) is 13.1. The molecule has 0 atom stereocenters. The third-order valence-electron chi connectivity index (χ3n) is 3.91. The van der Waals surface area contributed by atoms with E-state index >= 15 is 0 Å². The first-order valence-corrected chi connectivity index (χ1v) is 7.68. The lowest BCUT2D eigenvalue weighted by atomic mass is 10.2. The minimum absolute atomic E-state index is 0.573. The maximum atomic E-state index is 5.37. The van der Waals surface area contributed by atoms with Crippen LogP contribution >= 0.6 is 0 Å². The second-order valence-corrected chi connectivity index (χ2v) is 5.40. The Morgan fingerprint density at radius 2 is 2.09 bits per heavy atom. The summed E-state index contributed by atoms with van der Waals surface area (Å²) in [6.45, 7) is 1.55. The number of benzene rings is 1. The van der Waals surface area contributed by atoms with Gasteiger partial charge in [-0.2, -0.15) is 5.10 Å². The lowest BCUT2D eigenvalue weighted by molar-refractivity contribution is 0.404. The van der Waals surface area contributed by atoms with Crippen molar-refractivity contribution in [3.8, 4) is 11.5 Å². The number of nitrogens with zero attached hydrogens (tertiary/aromatic N) is 3. The number of hydrogen-bond donors (Lipinski definition) is 1. The van der Waals surface area contributed by atoms with Crippen LogP contribution in [0.15, 0.2) is 18.2 Å². The van der Waals surface area contributed by atoms with Gasteiger partial charge in [0, 0.05) is 19.0 Å². The highest BCUT2D eigenvalue weighted by Gasteiger charge is 2.13. The largest absolute Gasteiger partial charge is 0.497 e. The number of methoxy groups -OCH3 is 2. The second kappa shape index (κ2) is 6.68. The molecule has 0 unspecified atom stereocenters. The molecule has 1 aromatic heterocycles. The first kappa shape index (κ1) is 14.7. The van der Waals surface area contributed by atoms with Gasteiger partial charge in [0.2, 0.25) is 0 Å². The van der Waals surface area contributed by atoms with Crippen LogP contribution in [0.5, 0.6) is 11.5 Å². The number of hydrogen-bond acceptors (Lipinski definition) is 5.